The van der Waals surface area contributed by atoms with Crippen molar-refractivity contribution >= 4 is 28.6 Å². The van der Waals surface area contributed by atoms with E-state index in [1.165, 1.54) is 5.56 Å². The van der Waals surface area contributed by atoms with Gasteiger partial charge in [0.15, 0.2) is 11.0 Å². The number of nitrogens with zero attached hydrogens (tertiary/aromatic N) is 3. The van der Waals surface area contributed by atoms with Crippen molar-refractivity contribution < 1.29 is 9.90 Å². The molecule has 0 aliphatic carbocycles. The van der Waals surface area contributed by atoms with E-state index in [0.717, 1.165) is 39.7 Å². The van der Waals surface area contributed by atoms with Crippen molar-refractivity contribution in [2.45, 2.75) is 32.5 Å². The van der Waals surface area contributed by atoms with Gasteiger partial charge in [0.2, 0.25) is 0 Å². The molecule has 0 bridgehead atoms. The maximum Gasteiger partial charge on any atom is 0.191 e. The van der Waals surface area contributed by atoms with Gasteiger partial charge in [0.25, 0.3) is 0 Å². The summed E-state index contributed by atoms with van der Waals surface area (Å²) in [5.74, 6) is -0.497. The first-order valence-electron chi connectivity index (χ1n) is 7.36. The van der Waals surface area contributed by atoms with Gasteiger partial charge >= 0.3 is 0 Å². The molecule has 0 amide bonds. The molecule has 0 aliphatic heterocycles. The van der Waals surface area contributed by atoms with Crippen LogP contribution >= 0.6 is 11.8 Å². The van der Waals surface area contributed by atoms with E-state index in [9.17, 15) is 9.90 Å². The van der Waals surface area contributed by atoms with Crippen LogP contribution in [0.2, 0.25) is 0 Å². The summed E-state index contributed by atoms with van der Waals surface area (Å²) in [6, 6.07) is 6.13. The Morgan fingerprint density at radius 3 is 2.83 bits per heavy atom. The molecule has 0 unspecified atom stereocenters. The van der Waals surface area contributed by atoms with Crippen molar-refractivity contribution in [3.05, 3.63) is 29.5 Å². The number of carbonyl (C=O) groups is 1. The molecular weight excluding hydrogens is 312 g/mol. The van der Waals surface area contributed by atoms with Gasteiger partial charge in [-0.05, 0) is 44.5 Å². The van der Waals surface area contributed by atoms with Crippen LogP contribution in [0.1, 0.15) is 18.2 Å². The van der Waals surface area contributed by atoms with E-state index < -0.39 is 5.97 Å². The Labute approximate surface area is 137 Å². The van der Waals surface area contributed by atoms with Crippen LogP contribution in [0.5, 0.6) is 0 Å². The van der Waals surface area contributed by atoms with Crippen LogP contribution < -0.4 is 5.11 Å². The number of carbonyl (C=O) groups excluding carboxylic acids is 1. The largest absolute Gasteiger partial charge is 0.549 e. The topological polar surface area (TPSA) is 86.6 Å². The Morgan fingerprint density at radius 2 is 2.13 bits per heavy atom. The van der Waals surface area contributed by atoms with E-state index in [-0.39, 0.29) is 5.75 Å². The van der Waals surface area contributed by atoms with Crippen molar-refractivity contribution in [1.82, 2.24) is 19.7 Å². The summed E-state index contributed by atoms with van der Waals surface area (Å²) < 4.78 is 1.92. The van der Waals surface area contributed by atoms with Crippen LogP contribution in [0.25, 0.3) is 22.3 Å². The van der Waals surface area contributed by atoms with E-state index in [1.807, 2.05) is 23.6 Å². The smallest absolute Gasteiger partial charge is 0.191 e. The van der Waals surface area contributed by atoms with Crippen LogP contribution in [0, 0.1) is 13.8 Å². The van der Waals surface area contributed by atoms with Crippen molar-refractivity contribution in [2.75, 3.05) is 5.75 Å². The third-order valence-corrected chi connectivity index (χ3v) is 4.86. The number of hydrogen-bond acceptors (Lipinski definition) is 5. The van der Waals surface area contributed by atoms with Crippen molar-refractivity contribution in [3.8, 4) is 11.4 Å². The van der Waals surface area contributed by atoms with E-state index >= 15 is 0 Å². The molecule has 3 rings (SSSR count). The highest BCUT2D eigenvalue weighted by Gasteiger charge is 2.14. The fraction of sp³-hybridized carbons (Fsp3) is 0.312. The number of aryl methyl sites for hydroxylation is 2. The van der Waals surface area contributed by atoms with Gasteiger partial charge in [-0.25, -0.2) is 0 Å². The number of fused-ring (bicyclic) bond motifs is 1. The van der Waals surface area contributed by atoms with Crippen molar-refractivity contribution in [1.29, 1.82) is 0 Å². The van der Waals surface area contributed by atoms with Crippen LogP contribution in [0.3, 0.4) is 0 Å². The molecule has 0 fully saturated rings. The summed E-state index contributed by atoms with van der Waals surface area (Å²) in [4.78, 5) is 14.0. The van der Waals surface area contributed by atoms with E-state index in [1.54, 1.807) is 0 Å². The first-order valence-corrected chi connectivity index (χ1v) is 8.35. The highest BCUT2D eigenvalue weighted by Crippen LogP contribution is 2.29. The van der Waals surface area contributed by atoms with Gasteiger partial charge < -0.3 is 19.5 Å². The molecule has 0 aliphatic rings. The highest BCUT2D eigenvalue weighted by atomic mass is 32.2. The average molecular weight is 329 g/mol. The Bertz CT molecular complexity index is 882. The third kappa shape index (κ3) is 2.84. The molecule has 0 spiro atoms. The zero-order valence-electron chi connectivity index (χ0n) is 13.2. The zero-order valence-corrected chi connectivity index (χ0v) is 14.0. The van der Waals surface area contributed by atoms with Crippen LogP contribution in [0.15, 0.2) is 23.4 Å². The lowest BCUT2D eigenvalue weighted by Crippen LogP contribution is -2.24. The second-order valence-electron chi connectivity index (χ2n) is 5.35. The standard InChI is InChI=1S/C16H18N4O2S/c1-4-20-15(18-19-16(20)23-8-14(21)22)11-5-6-13-12(7-11)9(2)10(3)17-13/h5-7,17H,4,8H2,1-3H3,(H,21,22)/p-1. The predicted octanol–water partition coefficient (Wildman–Crippen LogP) is 1.91. The van der Waals surface area contributed by atoms with Gasteiger partial charge in [-0.3, -0.25) is 0 Å². The van der Waals surface area contributed by atoms with Gasteiger partial charge in [0.05, 0.1) is 5.97 Å². The van der Waals surface area contributed by atoms with Gasteiger partial charge in [-0.2, -0.15) is 0 Å². The highest BCUT2D eigenvalue weighted by molar-refractivity contribution is 7.99. The summed E-state index contributed by atoms with van der Waals surface area (Å²) in [5.41, 5.74) is 4.43. The molecule has 7 heteroatoms. The zero-order chi connectivity index (χ0) is 16.6. The molecule has 1 N–H and O–H groups in total. The minimum Gasteiger partial charge on any atom is -0.549 e. The second-order valence-corrected chi connectivity index (χ2v) is 6.29. The Balaban J connectivity index is 2.04. The lowest BCUT2D eigenvalue weighted by atomic mass is 10.1. The minimum absolute atomic E-state index is 0.132. The van der Waals surface area contributed by atoms with Gasteiger partial charge in [0.1, 0.15) is 0 Å². The molecule has 0 saturated heterocycles. The maximum absolute atomic E-state index is 10.6. The molecule has 6 nitrogen and oxygen atoms in total. The lowest BCUT2D eigenvalue weighted by Gasteiger charge is -2.08. The van der Waals surface area contributed by atoms with Crippen LogP contribution in [-0.2, 0) is 11.3 Å². The number of hydrogen-bond donors (Lipinski definition) is 1. The molecule has 120 valence electrons. The van der Waals surface area contributed by atoms with Crippen LogP contribution in [-0.4, -0.2) is 31.5 Å². The third-order valence-electron chi connectivity index (χ3n) is 3.92. The number of carboxylic acid groups (broad SMARTS) is 1. The molecule has 23 heavy (non-hydrogen) atoms. The van der Waals surface area contributed by atoms with Crippen molar-refractivity contribution in [2.24, 2.45) is 0 Å². The van der Waals surface area contributed by atoms with Gasteiger partial charge in [0, 0.05) is 34.5 Å². The molecule has 2 heterocycles. The Morgan fingerprint density at radius 1 is 1.35 bits per heavy atom. The average Bonchev–Trinajstić information content (AvgIpc) is 3.06. The van der Waals surface area contributed by atoms with Gasteiger partial charge in [-0.1, -0.05) is 11.8 Å². The quantitative estimate of drug-likeness (QED) is 0.723. The van der Waals surface area contributed by atoms with E-state index in [0.29, 0.717) is 11.7 Å². The first-order chi connectivity index (χ1) is 11.0. The molecule has 0 atom stereocenters. The van der Waals surface area contributed by atoms with Gasteiger partial charge in [-0.15, -0.1) is 10.2 Å². The molecule has 0 saturated carbocycles. The molecular formula is C16H17N4O2S-. The number of carboxylic acids is 1. The summed E-state index contributed by atoms with van der Waals surface area (Å²) in [6.07, 6.45) is 0. The van der Waals surface area contributed by atoms with Crippen LogP contribution in [0.4, 0.5) is 0 Å². The lowest BCUT2D eigenvalue weighted by molar-refractivity contribution is -0.301. The number of thioether (sulfide) groups is 1. The van der Waals surface area contributed by atoms with E-state index in [4.69, 9.17) is 0 Å². The van der Waals surface area contributed by atoms with E-state index in [2.05, 4.69) is 35.1 Å². The SMILES string of the molecule is CCn1c(SCC(=O)[O-])nnc1-c1ccc2[nH]c(C)c(C)c2c1. The summed E-state index contributed by atoms with van der Waals surface area (Å²) in [5, 5.41) is 20.8. The maximum atomic E-state index is 10.6. The second kappa shape index (κ2) is 6.08. The fourth-order valence-electron chi connectivity index (χ4n) is 2.62. The summed E-state index contributed by atoms with van der Waals surface area (Å²) >= 11 is 1.13. The number of aliphatic carboxylic acids is 1. The number of aromatic nitrogens is 4. The molecule has 0 radical (unpaired) electrons. The fourth-order valence-corrected chi connectivity index (χ4v) is 3.33. The Kier molecular flexibility index (Phi) is 4.12. The molecule has 3 aromatic rings. The summed E-state index contributed by atoms with van der Waals surface area (Å²) in [6.45, 7) is 6.79. The number of aromatic amines is 1. The Hall–Kier alpha value is -2.28. The predicted molar refractivity (Wildman–Crippen MR) is 88.2 cm³/mol. The number of H-pyrrole nitrogens is 1. The van der Waals surface area contributed by atoms with Crippen molar-refractivity contribution in [3.63, 3.8) is 0 Å². The molecule has 1 aromatic carbocycles. The minimum atomic E-state index is -1.11. The molecule has 2 aromatic heterocycles. The number of nitrogens with one attached hydrogen (secondary N) is 1. The number of rotatable bonds is 5. The normalized spacial score (nSPS) is 11.3. The first kappa shape index (κ1) is 15.6. The monoisotopic (exact) mass is 329 g/mol. The summed E-state index contributed by atoms with van der Waals surface area (Å²) in [7, 11) is 0. The number of benzene rings is 1.